The van der Waals surface area contributed by atoms with Crippen LogP contribution in [0.15, 0.2) is 46.5 Å². The van der Waals surface area contributed by atoms with Gasteiger partial charge in [-0.25, -0.2) is 5.43 Å². The lowest BCUT2D eigenvalue weighted by Gasteiger charge is -2.06. The fourth-order valence-electron chi connectivity index (χ4n) is 1.34. The summed E-state index contributed by atoms with van der Waals surface area (Å²) in [7, 11) is 0. The first-order chi connectivity index (χ1) is 9.11. The normalized spacial score (nSPS) is 10.9. The van der Waals surface area contributed by atoms with Gasteiger partial charge >= 0.3 is 0 Å². The second kappa shape index (κ2) is 8.48. The van der Waals surface area contributed by atoms with Gasteiger partial charge < -0.3 is 5.32 Å². The summed E-state index contributed by atoms with van der Waals surface area (Å²) in [5.74, 6) is -0.169. The Hall–Kier alpha value is -1.62. The van der Waals surface area contributed by atoms with E-state index < -0.39 is 0 Å². The second-order valence-electron chi connectivity index (χ2n) is 4.07. The molecule has 4 nitrogen and oxygen atoms in total. The molecule has 0 atom stereocenters. The third-order valence-electron chi connectivity index (χ3n) is 2.36. The summed E-state index contributed by atoms with van der Waals surface area (Å²) in [4.78, 5) is 11.6. The summed E-state index contributed by atoms with van der Waals surface area (Å²) in [5, 5.41) is 7.04. The van der Waals surface area contributed by atoms with Gasteiger partial charge in [-0.15, -0.1) is 6.58 Å². The van der Waals surface area contributed by atoms with Crippen LogP contribution < -0.4 is 10.7 Å². The Balaban J connectivity index is 2.33. The van der Waals surface area contributed by atoms with Gasteiger partial charge in [-0.05, 0) is 38.0 Å². The summed E-state index contributed by atoms with van der Waals surface area (Å²) in [5.41, 5.74) is 4.29. The average Bonchev–Trinajstić information content (AvgIpc) is 2.40. The molecule has 2 N–H and O–H groups in total. The van der Waals surface area contributed by atoms with Crippen LogP contribution in [0.25, 0.3) is 0 Å². The van der Waals surface area contributed by atoms with Crippen molar-refractivity contribution in [2.45, 2.75) is 19.8 Å². The maximum absolute atomic E-state index is 11.6. The van der Waals surface area contributed by atoms with Crippen molar-refractivity contribution < 1.29 is 4.79 Å². The Labute approximate surface area is 122 Å². The number of hydrogen-bond acceptors (Lipinski definition) is 3. The minimum atomic E-state index is -0.169. The molecule has 1 amide bonds. The third-order valence-corrected chi connectivity index (χ3v) is 2.85. The molecule has 0 heterocycles. The Morgan fingerprint density at radius 2 is 2.32 bits per heavy atom. The van der Waals surface area contributed by atoms with E-state index in [4.69, 9.17) is 0 Å². The number of halogens is 1. The maximum Gasteiger partial charge on any atom is 0.259 e. The van der Waals surface area contributed by atoms with Crippen LogP contribution in [0.4, 0.5) is 5.69 Å². The van der Waals surface area contributed by atoms with Crippen molar-refractivity contribution in [1.82, 2.24) is 5.43 Å². The van der Waals surface area contributed by atoms with Crippen molar-refractivity contribution in [2.75, 3.05) is 11.9 Å². The van der Waals surface area contributed by atoms with Gasteiger partial charge in [0.05, 0.1) is 6.54 Å². The molecule has 0 bridgehead atoms. The van der Waals surface area contributed by atoms with E-state index in [2.05, 4.69) is 38.4 Å². The molecule has 1 rings (SSSR count). The van der Waals surface area contributed by atoms with Gasteiger partial charge in [-0.1, -0.05) is 28.1 Å². The highest BCUT2D eigenvalue weighted by Gasteiger charge is 2.00. The van der Waals surface area contributed by atoms with Crippen molar-refractivity contribution in [2.24, 2.45) is 5.10 Å². The number of carbonyl (C=O) groups is 1. The zero-order valence-electron chi connectivity index (χ0n) is 10.9. The smallest absolute Gasteiger partial charge is 0.259 e. The summed E-state index contributed by atoms with van der Waals surface area (Å²) in [6, 6.07) is 7.64. The lowest BCUT2D eigenvalue weighted by Crippen LogP contribution is -2.26. The van der Waals surface area contributed by atoms with Crippen molar-refractivity contribution in [3.8, 4) is 0 Å². The van der Waals surface area contributed by atoms with Crippen LogP contribution in [0.3, 0.4) is 0 Å². The molecule has 0 aliphatic heterocycles. The van der Waals surface area contributed by atoms with Gasteiger partial charge in [0.1, 0.15) is 0 Å². The molecular formula is C14H18BrN3O. The minimum absolute atomic E-state index is 0.169. The van der Waals surface area contributed by atoms with E-state index in [9.17, 15) is 4.79 Å². The quantitative estimate of drug-likeness (QED) is 0.459. The van der Waals surface area contributed by atoms with Gasteiger partial charge in [-0.3, -0.25) is 4.79 Å². The van der Waals surface area contributed by atoms with Crippen LogP contribution in [0, 0.1) is 0 Å². The number of nitrogens with one attached hydrogen (secondary N) is 2. The summed E-state index contributed by atoms with van der Waals surface area (Å²) < 4.78 is 0.969. The van der Waals surface area contributed by atoms with E-state index in [1.807, 2.05) is 37.3 Å². The van der Waals surface area contributed by atoms with Crippen molar-refractivity contribution in [3.63, 3.8) is 0 Å². The van der Waals surface area contributed by atoms with Crippen LogP contribution in [0.1, 0.15) is 19.8 Å². The lowest BCUT2D eigenvalue weighted by molar-refractivity contribution is -0.119. The molecule has 0 fully saturated rings. The predicted octanol–water partition coefficient (Wildman–Crippen LogP) is 3.32. The van der Waals surface area contributed by atoms with E-state index in [1.165, 1.54) is 0 Å². The highest BCUT2D eigenvalue weighted by Crippen LogP contribution is 2.15. The lowest BCUT2D eigenvalue weighted by atomic mass is 10.2. The Morgan fingerprint density at radius 3 is 3.00 bits per heavy atom. The van der Waals surface area contributed by atoms with Crippen LogP contribution in [-0.4, -0.2) is 18.2 Å². The molecular weight excluding hydrogens is 306 g/mol. The minimum Gasteiger partial charge on any atom is -0.376 e. The first-order valence-electron chi connectivity index (χ1n) is 6.04. The van der Waals surface area contributed by atoms with E-state index >= 15 is 0 Å². The maximum atomic E-state index is 11.6. The van der Waals surface area contributed by atoms with Gasteiger partial charge in [-0.2, -0.15) is 5.10 Å². The zero-order valence-corrected chi connectivity index (χ0v) is 12.5. The highest BCUT2D eigenvalue weighted by molar-refractivity contribution is 9.10. The molecule has 1 aromatic rings. The molecule has 0 spiro atoms. The molecule has 0 saturated carbocycles. The number of rotatable bonds is 7. The third kappa shape index (κ3) is 6.76. The van der Waals surface area contributed by atoms with Crippen molar-refractivity contribution >= 4 is 33.2 Å². The largest absolute Gasteiger partial charge is 0.376 e. The van der Waals surface area contributed by atoms with Gasteiger partial charge in [0, 0.05) is 15.9 Å². The Bertz CT molecular complexity index is 472. The standard InChI is InChI=1S/C14H18BrN3O/c1-3-4-6-11(2)17-18-14(19)10-16-13-8-5-7-12(15)9-13/h3,5,7-9,16H,1,4,6,10H2,2H3,(H,18,19)/b17-11-. The molecule has 0 unspecified atom stereocenters. The molecule has 19 heavy (non-hydrogen) atoms. The SMILES string of the molecule is C=CCC/C(C)=N\NC(=O)CNc1cccc(Br)c1. The van der Waals surface area contributed by atoms with Crippen LogP contribution in [-0.2, 0) is 4.79 Å². The van der Waals surface area contributed by atoms with E-state index in [-0.39, 0.29) is 12.5 Å². The summed E-state index contributed by atoms with van der Waals surface area (Å²) in [6.07, 6.45) is 3.50. The molecule has 0 aromatic heterocycles. The number of hydrogen-bond donors (Lipinski definition) is 2. The highest BCUT2D eigenvalue weighted by atomic mass is 79.9. The fraction of sp³-hybridized carbons (Fsp3) is 0.286. The number of allylic oxidation sites excluding steroid dienone is 1. The first kappa shape index (κ1) is 15.4. The van der Waals surface area contributed by atoms with E-state index in [0.717, 1.165) is 28.7 Å². The molecule has 102 valence electrons. The molecule has 0 aliphatic rings. The van der Waals surface area contributed by atoms with E-state index in [0.29, 0.717) is 0 Å². The topological polar surface area (TPSA) is 53.5 Å². The second-order valence-corrected chi connectivity index (χ2v) is 4.99. The number of anilines is 1. The molecule has 1 aromatic carbocycles. The van der Waals surface area contributed by atoms with Crippen LogP contribution in [0.5, 0.6) is 0 Å². The predicted molar refractivity (Wildman–Crippen MR) is 83.3 cm³/mol. The number of nitrogens with zero attached hydrogens (tertiary/aromatic N) is 1. The summed E-state index contributed by atoms with van der Waals surface area (Å²) in [6.45, 7) is 5.71. The van der Waals surface area contributed by atoms with Gasteiger partial charge in [0.2, 0.25) is 0 Å². The monoisotopic (exact) mass is 323 g/mol. The number of hydrazone groups is 1. The Kier molecular flexibility index (Phi) is 6.89. The zero-order chi connectivity index (χ0) is 14.1. The van der Waals surface area contributed by atoms with Crippen LogP contribution in [0.2, 0.25) is 0 Å². The van der Waals surface area contributed by atoms with Gasteiger partial charge in [0.25, 0.3) is 5.91 Å². The molecule has 0 aliphatic carbocycles. The number of carbonyl (C=O) groups excluding carboxylic acids is 1. The first-order valence-corrected chi connectivity index (χ1v) is 6.83. The van der Waals surface area contributed by atoms with Crippen molar-refractivity contribution in [1.29, 1.82) is 0 Å². The fourth-order valence-corrected chi connectivity index (χ4v) is 1.74. The number of amides is 1. The van der Waals surface area contributed by atoms with Gasteiger partial charge in [0.15, 0.2) is 0 Å². The van der Waals surface area contributed by atoms with E-state index in [1.54, 1.807) is 0 Å². The van der Waals surface area contributed by atoms with Crippen molar-refractivity contribution in [3.05, 3.63) is 41.4 Å². The number of benzene rings is 1. The van der Waals surface area contributed by atoms with Crippen LogP contribution >= 0.6 is 15.9 Å². The molecule has 5 heteroatoms. The molecule has 0 saturated heterocycles. The summed E-state index contributed by atoms with van der Waals surface area (Å²) >= 11 is 3.37. The average molecular weight is 324 g/mol. The molecule has 0 radical (unpaired) electrons. The Morgan fingerprint density at radius 1 is 1.53 bits per heavy atom.